The summed E-state index contributed by atoms with van der Waals surface area (Å²) in [6.45, 7) is 1.97. The monoisotopic (exact) mass is 264 g/mol. The van der Waals surface area contributed by atoms with Gasteiger partial charge in [-0.15, -0.1) is 0 Å². The minimum absolute atomic E-state index is 0.0214. The third-order valence-corrected chi connectivity index (χ3v) is 2.79. The van der Waals surface area contributed by atoms with E-state index >= 15 is 0 Å². The Labute approximate surface area is 113 Å². The average Bonchev–Trinajstić information content (AvgIpc) is 2.37. The minimum atomic E-state index is -0.883. The molecule has 1 amide bonds. The van der Waals surface area contributed by atoms with E-state index in [4.69, 9.17) is 5.11 Å². The number of nitrogens with zero attached hydrogens (tertiary/aromatic N) is 1. The second kappa shape index (κ2) is 8.24. The number of pyridine rings is 1. The van der Waals surface area contributed by atoms with Gasteiger partial charge in [0.2, 0.25) is 5.91 Å². The lowest BCUT2D eigenvalue weighted by Gasteiger charge is -2.16. The minimum Gasteiger partial charge on any atom is -0.481 e. The lowest BCUT2D eigenvalue weighted by Crippen LogP contribution is -2.36. The van der Waals surface area contributed by atoms with E-state index in [2.05, 4.69) is 10.3 Å². The maximum absolute atomic E-state index is 11.8. The van der Waals surface area contributed by atoms with E-state index in [0.717, 1.165) is 12.0 Å². The topological polar surface area (TPSA) is 79.3 Å². The number of aromatic nitrogens is 1. The number of hydrogen-bond acceptors (Lipinski definition) is 3. The standard InChI is InChI=1S/C14H20N2O3/c1-2-4-12(9-14(18)19)16-13(17)7-6-11-5-3-8-15-10-11/h3,5,8,10,12H,2,4,6-7,9H2,1H3,(H,16,17)(H,18,19). The molecule has 1 heterocycles. The van der Waals surface area contributed by atoms with E-state index in [-0.39, 0.29) is 18.4 Å². The van der Waals surface area contributed by atoms with Crippen LogP contribution in [0, 0.1) is 0 Å². The van der Waals surface area contributed by atoms with Crippen LogP contribution in [-0.4, -0.2) is 28.0 Å². The van der Waals surface area contributed by atoms with Crippen molar-refractivity contribution in [2.45, 2.75) is 45.1 Å². The molecule has 5 nitrogen and oxygen atoms in total. The summed E-state index contributed by atoms with van der Waals surface area (Å²) >= 11 is 0. The number of carbonyl (C=O) groups excluding carboxylic acids is 1. The second-order valence-corrected chi connectivity index (χ2v) is 4.51. The predicted molar refractivity (Wildman–Crippen MR) is 71.6 cm³/mol. The van der Waals surface area contributed by atoms with Crippen molar-refractivity contribution in [2.75, 3.05) is 0 Å². The molecule has 0 aromatic carbocycles. The number of nitrogens with one attached hydrogen (secondary N) is 1. The van der Waals surface area contributed by atoms with Crippen LogP contribution in [0.1, 0.15) is 38.2 Å². The summed E-state index contributed by atoms with van der Waals surface area (Å²) in [5, 5.41) is 11.6. The van der Waals surface area contributed by atoms with Crippen LogP contribution < -0.4 is 5.32 Å². The molecular weight excluding hydrogens is 244 g/mol. The predicted octanol–water partition coefficient (Wildman–Crippen LogP) is 1.77. The Morgan fingerprint density at radius 1 is 1.47 bits per heavy atom. The van der Waals surface area contributed by atoms with Crippen molar-refractivity contribution in [1.82, 2.24) is 10.3 Å². The summed E-state index contributed by atoms with van der Waals surface area (Å²) < 4.78 is 0. The zero-order chi connectivity index (χ0) is 14.1. The maximum atomic E-state index is 11.8. The average molecular weight is 264 g/mol. The highest BCUT2D eigenvalue weighted by Crippen LogP contribution is 2.04. The van der Waals surface area contributed by atoms with E-state index in [1.54, 1.807) is 12.4 Å². The second-order valence-electron chi connectivity index (χ2n) is 4.51. The fourth-order valence-corrected chi connectivity index (χ4v) is 1.89. The number of aryl methyl sites for hydroxylation is 1. The Balaban J connectivity index is 2.37. The van der Waals surface area contributed by atoms with Crippen LogP contribution in [0.15, 0.2) is 24.5 Å². The van der Waals surface area contributed by atoms with E-state index < -0.39 is 5.97 Å². The van der Waals surface area contributed by atoms with Crippen LogP contribution in [0.2, 0.25) is 0 Å². The van der Waals surface area contributed by atoms with Crippen LogP contribution in [0.3, 0.4) is 0 Å². The zero-order valence-corrected chi connectivity index (χ0v) is 11.1. The molecule has 0 fully saturated rings. The first-order valence-corrected chi connectivity index (χ1v) is 6.52. The Hall–Kier alpha value is -1.91. The summed E-state index contributed by atoms with van der Waals surface area (Å²) in [4.78, 5) is 26.4. The molecule has 0 saturated carbocycles. The molecule has 0 bridgehead atoms. The molecule has 2 N–H and O–H groups in total. The largest absolute Gasteiger partial charge is 0.481 e. The van der Waals surface area contributed by atoms with Gasteiger partial charge in [-0.3, -0.25) is 14.6 Å². The van der Waals surface area contributed by atoms with Crippen molar-refractivity contribution in [2.24, 2.45) is 0 Å². The van der Waals surface area contributed by atoms with Gasteiger partial charge in [0.25, 0.3) is 0 Å². The molecule has 0 aliphatic carbocycles. The Kier molecular flexibility index (Phi) is 6.57. The molecule has 5 heteroatoms. The lowest BCUT2D eigenvalue weighted by atomic mass is 10.1. The van der Waals surface area contributed by atoms with Crippen molar-refractivity contribution < 1.29 is 14.7 Å². The highest BCUT2D eigenvalue weighted by Gasteiger charge is 2.14. The van der Waals surface area contributed by atoms with Crippen molar-refractivity contribution >= 4 is 11.9 Å². The molecule has 1 unspecified atom stereocenters. The number of carboxylic acid groups (broad SMARTS) is 1. The molecule has 0 spiro atoms. The fraction of sp³-hybridized carbons (Fsp3) is 0.500. The number of aliphatic carboxylic acids is 1. The van der Waals surface area contributed by atoms with Gasteiger partial charge in [0, 0.05) is 24.9 Å². The summed E-state index contributed by atoms with van der Waals surface area (Å²) in [5.41, 5.74) is 1.00. The summed E-state index contributed by atoms with van der Waals surface area (Å²) in [6.07, 6.45) is 5.90. The number of carboxylic acids is 1. The van der Waals surface area contributed by atoms with E-state index in [1.165, 1.54) is 0 Å². The highest BCUT2D eigenvalue weighted by molar-refractivity contribution is 5.77. The molecule has 1 rings (SSSR count). The quantitative estimate of drug-likeness (QED) is 0.750. The highest BCUT2D eigenvalue weighted by atomic mass is 16.4. The third-order valence-electron chi connectivity index (χ3n) is 2.79. The summed E-state index contributed by atoms with van der Waals surface area (Å²) in [6, 6.07) is 3.47. The Bertz CT molecular complexity index is 406. The van der Waals surface area contributed by atoms with E-state index in [9.17, 15) is 9.59 Å². The first-order valence-electron chi connectivity index (χ1n) is 6.52. The molecule has 1 aromatic heterocycles. The van der Waals surface area contributed by atoms with Gasteiger partial charge in [0.1, 0.15) is 0 Å². The molecule has 1 aromatic rings. The van der Waals surface area contributed by atoms with Gasteiger partial charge in [-0.1, -0.05) is 19.4 Å². The van der Waals surface area contributed by atoms with Crippen LogP contribution in [-0.2, 0) is 16.0 Å². The third kappa shape index (κ3) is 6.55. The molecule has 0 radical (unpaired) electrons. The Morgan fingerprint density at radius 3 is 2.84 bits per heavy atom. The van der Waals surface area contributed by atoms with Gasteiger partial charge in [0.15, 0.2) is 0 Å². The zero-order valence-electron chi connectivity index (χ0n) is 11.1. The van der Waals surface area contributed by atoms with Crippen LogP contribution >= 0.6 is 0 Å². The van der Waals surface area contributed by atoms with E-state index in [0.29, 0.717) is 19.3 Å². The van der Waals surface area contributed by atoms with Gasteiger partial charge in [-0.25, -0.2) is 0 Å². The molecule has 19 heavy (non-hydrogen) atoms. The van der Waals surface area contributed by atoms with Crippen molar-refractivity contribution in [3.63, 3.8) is 0 Å². The van der Waals surface area contributed by atoms with Gasteiger partial charge in [-0.2, -0.15) is 0 Å². The number of rotatable bonds is 8. The summed E-state index contributed by atoms with van der Waals surface area (Å²) in [7, 11) is 0. The first kappa shape index (κ1) is 15.1. The smallest absolute Gasteiger partial charge is 0.305 e. The molecular formula is C14H20N2O3. The molecule has 0 aliphatic heterocycles. The van der Waals surface area contributed by atoms with E-state index in [1.807, 2.05) is 19.1 Å². The van der Waals surface area contributed by atoms with Crippen LogP contribution in [0.25, 0.3) is 0 Å². The molecule has 0 saturated heterocycles. The van der Waals surface area contributed by atoms with Crippen molar-refractivity contribution in [3.05, 3.63) is 30.1 Å². The van der Waals surface area contributed by atoms with Gasteiger partial charge >= 0.3 is 5.97 Å². The lowest BCUT2D eigenvalue weighted by molar-refractivity contribution is -0.137. The van der Waals surface area contributed by atoms with Crippen molar-refractivity contribution in [3.8, 4) is 0 Å². The number of hydrogen-bond donors (Lipinski definition) is 2. The molecule has 104 valence electrons. The van der Waals surface area contributed by atoms with Crippen molar-refractivity contribution in [1.29, 1.82) is 0 Å². The van der Waals surface area contributed by atoms with Gasteiger partial charge in [-0.05, 0) is 24.5 Å². The van der Waals surface area contributed by atoms with Crippen LogP contribution in [0.4, 0.5) is 0 Å². The van der Waals surface area contributed by atoms with Crippen LogP contribution in [0.5, 0.6) is 0 Å². The Morgan fingerprint density at radius 2 is 2.26 bits per heavy atom. The normalized spacial score (nSPS) is 11.8. The first-order chi connectivity index (χ1) is 9.11. The van der Waals surface area contributed by atoms with Gasteiger partial charge < -0.3 is 10.4 Å². The molecule has 0 aliphatic rings. The SMILES string of the molecule is CCCC(CC(=O)O)NC(=O)CCc1cccnc1. The maximum Gasteiger partial charge on any atom is 0.305 e. The van der Waals surface area contributed by atoms with Gasteiger partial charge in [0.05, 0.1) is 6.42 Å². The fourth-order valence-electron chi connectivity index (χ4n) is 1.89. The molecule has 1 atom stereocenters. The number of carbonyl (C=O) groups is 2. The summed E-state index contributed by atoms with van der Waals surface area (Å²) in [5.74, 6) is -0.991. The number of amides is 1.